The molecule has 5 heterocycles. The Morgan fingerprint density at radius 1 is 1.14 bits per heavy atom. The van der Waals surface area contributed by atoms with Crippen LogP contribution < -0.4 is 26.7 Å². The van der Waals surface area contributed by atoms with E-state index >= 15 is 0 Å². The van der Waals surface area contributed by atoms with Gasteiger partial charge in [-0.25, -0.2) is 10.4 Å². The highest BCUT2D eigenvalue weighted by atomic mass is 35.5. The fraction of sp³-hybridized carbons (Fsp3) is 0.913. The molecule has 198 valence electrons. The number of hydrazine groups is 1. The summed E-state index contributed by atoms with van der Waals surface area (Å²) in [6.45, 7) is 5.87. The summed E-state index contributed by atoms with van der Waals surface area (Å²) in [6, 6.07) is 0.449. The number of hydrogen-bond donors (Lipinski definition) is 5. The normalized spacial score (nSPS) is 44.4. The molecule has 0 aliphatic carbocycles. The first-order valence-electron chi connectivity index (χ1n) is 12.9. The number of hydrogen-bond acceptors (Lipinski definition) is 9. The van der Waals surface area contributed by atoms with Crippen LogP contribution in [0.4, 0.5) is 0 Å². The molecule has 10 atom stereocenters. The number of likely N-dealkylation sites (tertiary alicyclic amines) is 1. The molecule has 0 spiro atoms. The van der Waals surface area contributed by atoms with E-state index in [-0.39, 0.29) is 58.8 Å². The van der Waals surface area contributed by atoms with Gasteiger partial charge in [-0.2, -0.15) is 0 Å². The van der Waals surface area contributed by atoms with Gasteiger partial charge in [-0.1, -0.05) is 0 Å². The number of ether oxygens (including phenoxy) is 1. The molecule has 5 N–H and O–H groups in total. The zero-order valence-electron chi connectivity index (χ0n) is 20.8. The molecule has 10 unspecified atom stereocenters. The maximum absolute atomic E-state index is 13.5. The molecular formula is C23H40ClN7O3S. The van der Waals surface area contributed by atoms with Crippen LogP contribution in [0, 0.1) is 17.8 Å². The van der Waals surface area contributed by atoms with Crippen LogP contribution in [0.1, 0.15) is 26.2 Å². The number of nitrogens with zero attached hydrogens (tertiary/aromatic N) is 2. The lowest BCUT2D eigenvalue weighted by atomic mass is 9.70. The van der Waals surface area contributed by atoms with E-state index in [4.69, 9.17) is 16.3 Å². The second kappa shape index (κ2) is 11.0. The van der Waals surface area contributed by atoms with Crippen molar-refractivity contribution in [2.45, 2.75) is 66.7 Å². The lowest BCUT2D eigenvalue weighted by Crippen LogP contribution is -2.57. The van der Waals surface area contributed by atoms with Crippen molar-refractivity contribution >= 4 is 35.2 Å². The van der Waals surface area contributed by atoms with Crippen molar-refractivity contribution in [1.82, 2.24) is 36.6 Å². The Morgan fingerprint density at radius 3 is 2.69 bits per heavy atom. The number of amides is 2. The van der Waals surface area contributed by atoms with E-state index in [9.17, 15) is 9.59 Å². The number of alkyl halides is 1. The number of piperidine rings is 2. The average molecular weight is 530 g/mol. The quantitative estimate of drug-likeness (QED) is 0.233. The Labute approximate surface area is 217 Å². The maximum atomic E-state index is 13.5. The molecule has 0 aromatic carbocycles. The van der Waals surface area contributed by atoms with Crippen LogP contribution in [0.15, 0.2) is 0 Å². The molecule has 10 nitrogen and oxygen atoms in total. The number of methoxy groups -OCH3 is 1. The highest BCUT2D eigenvalue weighted by molar-refractivity contribution is 8.00. The molecule has 0 saturated carbocycles. The predicted octanol–water partition coefficient (Wildman–Crippen LogP) is -0.686. The summed E-state index contributed by atoms with van der Waals surface area (Å²) in [7, 11) is 3.72. The van der Waals surface area contributed by atoms with E-state index in [1.165, 1.54) is 0 Å². The first-order chi connectivity index (χ1) is 16.8. The highest BCUT2D eigenvalue weighted by Crippen LogP contribution is 2.38. The van der Waals surface area contributed by atoms with E-state index in [1.807, 2.05) is 17.0 Å². The third-order valence-corrected chi connectivity index (χ3v) is 10.2. The van der Waals surface area contributed by atoms with E-state index in [1.54, 1.807) is 18.9 Å². The molecule has 0 aromatic rings. The zero-order valence-corrected chi connectivity index (χ0v) is 22.4. The smallest absolute Gasteiger partial charge is 0.241 e. The van der Waals surface area contributed by atoms with E-state index < -0.39 is 0 Å². The Balaban J connectivity index is 1.16. The summed E-state index contributed by atoms with van der Waals surface area (Å²) in [4.78, 5) is 28.4. The van der Waals surface area contributed by atoms with Gasteiger partial charge in [-0.15, -0.1) is 23.4 Å². The summed E-state index contributed by atoms with van der Waals surface area (Å²) in [5.41, 5.74) is 3.03. The Morgan fingerprint density at radius 2 is 1.97 bits per heavy atom. The molecule has 5 saturated heterocycles. The maximum Gasteiger partial charge on any atom is 0.241 e. The van der Waals surface area contributed by atoms with Crippen molar-refractivity contribution in [1.29, 1.82) is 0 Å². The molecule has 35 heavy (non-hydrogen) atoms. The van der Waals surface area contributed by atoms with Crippen molar-refractivity contribution in [2.24, 2.45) is 17.8 Å². The molecule has 0 aromatic heterocycles. The SMILES string of the molecule is COC1CNC(Cl)CC1C1CC(C)NCC1C(=O)NC1NC2CN(C(=O)C3CCN(C)N3)CC2S1. The van der Waals surface area contributed by atoms with Crippen LogP contribution in [0.2, 0.25) is 0 Å². The first-order valence-corrected chi connectivity index (χ1v) is 14.3. The Bertz CT molecular complexity index is 782. The minimum absolute atomic E-state index is 0.0617. The van der Waals surface area contributed by atoms with E-state index in [0.717, 1.165) is 32.4 Å². The third kappa shape index (κ3) is 5.62. The summed E-state index contributed by atoms with van der Waals surface area (Å²) in [6.07, 6.45) is 2.65. The van der Waals surface area contributed by atoms with Crippen molar-refractivity contribution in [3.63, 3.8) is 0 Å². The zero-order chi connectivity index (χ0) is 24.7. The fourth-order valence-corrected chi connectivity index (χ4v) is 8.27. The van der Waals surface area contributed by atoms with Gasteiger partial charge in [0.1, 0.15) is 11.5 Å². The average Bonchev–Trinajstić information content (AvgIpc) is 3.53. The number of thioether (sulfide) groups is 1. The monoisotopic (exact) mass is 529 g/mol. The summed E-state index contributed by atoms with van der Waals surface area (Å²) in [5, 5.41) is 15.9. The number of carbonyl (C=O) groups is 2. The van der Waals surface area contributed by atoms with Crippen molar-refractivity contribution < 1.29 is 14.3 Å². The highest BCUT2D eigenvalue weighted by Gasteiger charge is 2.47. The molecule has 5 aliphatic rings. The largest absolute Gasteiger partial charge is 0.380 e. The van der Waals surface area contributed by atoms with Crippen molar-refractivity contribution in [2.75, 3.05) is 46.9 Å². The third-order valence-electron chi connectivity index (χ3n) is 8.47. The summed E-state index contributed by atoms with van der Waals surface area (Å²) in [5.74, 6) is 0.613. The standard InChI is InChI=1S/C23H40ClN7O3S/c1-12-6-13(14-7-20(24)26-9-18(14)34-3)15(8-25-12)21(32)28-23-27-17-10-31(11-19(17)35-23)22(33)16-4-5-30(2)29-16/h12-20,23,25-27,29H,4-11H2,1-3H3,(H,28,32). The van der Waals surface area contributed by atoms with Crippen LogP contribution in [0.5, 0.6) is 0 Å². The van der Waals surface area contributed by atoms with Gasteiger partial charge in [0.05, 0.1) is 17.5 Å². The lowest BCUT2D eigenvalue weighted by Gasteiger charge is -2.45. The van der Waals surface area contributed by atoms with Gasteiger partial charge in [0.25, 0.3) is 0 Å². The van der Waals surface area contributed by atoms with Crippen LogP contribution in [-0.2, 0) is 14.3 Å². The lowest BCUT2D eigenvalue weighted by molar-refractivity contribution is -0.133. The summed E-state index contributed by atoms with van der Waals surface area (Å²) < 4.78 is 5.80. The molecule has 12 heteroatoms. The predicted molar refractivity (Wildman–Crippen MR) is 137 cm³/mol. The fourth-order valence-electron chi connectivity index (χ4n) is 6.56. The molecule has 5 aliphatic heterocycles. The number of fused-ring (bicyclic) bond motifs is 1. The van der Waals surface area contributed by atoms with Crippen molar-refractivity contribution in [3.05, 3.63) is 0 Å². The van der Waals surface area contributed by atoms with Gasteiger partial charge in [0, 0.05) is 64.2 Å². The minimum atomic E-state index is -0.127. The van der Waals surface area contributed by atoms with Crippen molar-refractivity contribution in [3.8, 4) is 0 Å². The van der Waals surface area contributed by atoms with Gasteiger partial charge in [0.2, 0.25) is 11.8 Å². The van der Waals surface area contributed by atoms with Crippen LogP contribution in [0.25, 0.3) is 0 Å². The number of nitrogens with one attached hydrogen (secondary N) is 5. The van der Waals surface area contributed by atoms with Crippen LogP contribution in [-0.4, -0.2) is 109 Å². The van der Waals surface area contributed by atoms with E-state index in [2.05, 4.69) is 33.6 Å². The Kier molecular flexibility index (Phi) is 8.15. The van der Waals surface area contributed by atoms with E-state index in [0.29, 0.717) is 30.9 Å². The number of rotatable bonds is 5. The number of carbonyl (C=O) groups excluding carboxylic acids is 2. The molecule has 2 amide bonds. The molecule has 0 bridgehead atoms. The molecule has 5 fully saturated rings. The van der Waals surface area contributed by atoms with Gasteiger partial charge in [-0.3, -0.25) is 20.2 Å². The van der Waals surface area contributed by atoms with Gasteiger partial charge in [0.15, 0.2) is 0 Å². The van der Waals surface area contributed by atoms with Gasteiger partial charge >= 0.3 is 0 Å². The Hall–Kier alpha value is -0.660. The van der Waals surface area contributed by atoms with Crippen LogP contribution in [0.3, 0.4) is 0 Å². The van der Waals surface area contributed by atoms with Crippen LogP contribution >= 0.6 is 23.4 Å². The second-order valence-corrected chi connectivity index (χ2v) is 12.7. The number of halogens is 1. The molecule has 5 rings (SSSR count). The first kappa shape index (κ1) is 26.0. The minimum Gasteiger partial charge on any atom is -0.380 e. The van der Waals surface area contributed by atoms with Gasteiger partial charge in [-0.05, 0) is 38.0 Å². The second-order valence-electron chi connectivity index (χ2n) is 10.8. The molecule has 0 radical (unpaired) electrons. The van der Waals surface area contributed by atoms with Gasteiger partial charge < -0.3 is 20.3 Å². The molecular weight excluding hydrogens is 490 g/mol. The topological polar surface area (TPSA) is 110 Å². The summed E-state index contributed by atoms with van der Waals surface area (Å²) >= 11 is 8.20.